The lowest BCUT2D eigenvalue weighted by Crippen LogP contribution is -2.35. The van der Waals surface area contributed by atoms with Gasteiger partial charge in [0.25, 0.3) is 5.91 Å². The summed E-state index contributed by atoms with van der Waals surface area (Å²) in [4.78, 5) is 15.0. The summed E-state index contributed by atoms with van der Waals surface area (Å²) in [6.45, 7) is 0.930. The molecule has 3 aromatic carbocycles. The SMILES string of the molecule is O=C(c1cccc(Oc2ccccc2)c1)N1CCc2noc(-c3ccc(F)cc3)c2C1. The molecule has 6 heteroatoms. The molecule has 0 bridgehead atoms. The number of para-hydroxylation sites is 1. The first-order chi connectivity index (χ1) is 15.2. The molecule has 5 nitrogen and oxygen atoms in total. The highest BCUT2D eigenvalue weighted by Crippen LogP contribution is 2.31. The van der Waals surface area contributed by atoms with Gasteiger partial charge in [-0.05, 0) is 54.6 Å². The normalized spacial score (nSPS) is 13.0. The van der Waals surface area contributed by atoms with Crippen LogP contribution in [0.4, 0.5) is 4.39 Å². The molecule has 0 saturated heterocycles. The fourth-order valence-electron chi connectivity index (χ4n) is 3.71. The van der Waals surface area contributed by atoms with Crippen LogP contribution >= 0.6 is 0 Å². The third-order valence-corrected chi connectivity index (χ3v) is 5.29. The van der Waals surface area contributed by atoms with Gasteiger partial charge in [-0.2, -0.15) is 0 Å². The molecule has 1 aliphatic heterocycles. The topological polar surface area (TPSA) is 55.6 Å². The molecule has 0 unspecified atom stereocenters. The van der Waals surface area contributed by atoms with Crippen molar-refractivity contribution in [2.24, 2.45) is 0 Å². The van der Waals surface area contributed by atoms with Gasteiger partial charge in [0.1, 0.15) is 17.3 Å². The lowest BCUT2D eigenvalue weighted by atomic mass is 10.0. The highest BCUT2D eigenvalue weighted by atomic mass is 19.1. The van der Waals surface area contributed by atoms with Gasteiger partial charge in [-0.3, -0.25) is 4.79 Å². The van der Waals surface area contributed by atoms with Crippen molar-refractivity contribution >= 4 is 5.91 Å². The number of amides is 1. The number of fused-ring (bicyclic) bond motifs is 1. The number of benzene rings is 3. The van der Waals surface area contributed by atoms with E-state index in [1.54, 1.807) is 29.2 Å². The zero-order valence-corrected chi connectivity index (χ0v) is 16.6. The van der Waals surface area contributed by atoms with Crippen LogP contribution in [0.2, 0.25) is 0 Å². The summed E-state index contributed by atoms with van der Waals surface area (Å²) in [5.41, 5.74) is 2.99. The summed E-state index contributed by atoms with van der Waals surface area (Å²) in [6, 6.07) is 22.7. The molecule has 0 spiro atoms. The number of ether oxygens (including phenoxy) is 1. The van der Waals surface area contributed by atoms with Crippen LogP contribution in [0.25, 0.3) is 11.3 Å². The van der Waals surface area contributed by atoms with Gasteiger partial charge in [0.05, 0.1) is 12.2 Å². The minimum absolute atomic E-state index is 0.0876. The lowest BCUT2D eigenvalue weighted by Gasteiger charge is -2.26. The van der Waals surface area contributed by atoms with E-state index in [0.29, 0.717) is 42.3 Å². The number of carbonyl (C=O) groups excluding carboxylic acids is 1. The Hall–Kier alpha value is -3.93. The van der Waals surface area contributed by atoms with Crippen LogP contribution < -0.4 is 4.74 Å². The monoisotopic (exact) mass is 414 g/mol. The minimum atomic E-state index is -0.313. The van der Waals surface area contributed by atoms with E-state index in [2.05, 4.69) is 5.16 Å². The van der Waals surface area contributed by atoms with Crippen molar-refractivity contribution < 1.29 is 18.4 Å². The van der Waals surface area contributed by atoms with E-state index in [1.807, 2.05) is 42.5 Å². The fraction of sp³-hybridized carbons (Fsp3) is 0.120. The first kappa shape index (κ1) is 19.1. The largest absolute Gasteiger partial charge is 0.457 e. The second-order valence-corrected chi connectivity index (χ2v) is 7.36. The second kappa shape index (κ2) is 8.07. The van der Waals surface area contributed by atoms with Gasteiger partial charge in [-0.15, -0.1) is 0 Å². The van der Waals surface area contributed by atoms with Crippen LogP contribution in [0.1, 0.15) is 21.6 Å². The smallest absolute Gasteiger partial charge is 0.254 e. The molecule has 0 N–H and O–H groups in total. The zero-order chi connectivity index (χ0) is 21.2. The molecule has 154 valence electrons. The summed E-state index contributed by atoms with van der Waals surface area (Å²) in [6.07, 6.45) is 0.603. The predicted molar refractivity (Wildman–Crippen MR) is 113 cm³/mol. The van der Waals surface area contributed by atoms with E-state index < -0.39 is 0 Å². The van der Waals surface area contributed by atoms with Crippen LogP contribution in [0.5, 0.6) is 11.5 Å². The minimum Gasteiger partial charge on any atom is -0.457 e. The first-order valence-electron chi connectivity index (χ1n) is 10.0. The van der Waals surface area contributed by atoms with E-state index in [0.717, 1.165) is 16.8 Å². The summed E-state index contributed by atoms with van der Waals surface area (Å²) in [5, 5.41) is 4.16. The summed E-state index contributed by atoms with van der Waals surface area (Å²) in [7, 11) is 0. The Morgan fingerprint density at radius 1 is 0.968 bits per heavy atom. The van der Waals surface area contributed by atoms with E-state index in [1.165, 1.54) is 12.1 Å². The predicted octanol–water partition coefficient (Wildman–Crippen LogP) is 5.47. The quantitative estimate of drug-likeness (QED) is 0.444. The van der Waals surface area contributed by atoms with Crippen molar-refractivity contribution in [3.05, 3.63) is 102 Å². The number of carbonyl (C=O) groups is 1. The molecule has 0 aliphatic carbocycles. The molecule has 1 aliphatic rings. The number of nitrogens with zero attached hydrogens (tertiary/aromatic N) is 2. The van der Waals surface area contributed by atoms with E-state index in [-0.39, 0.29) is 11.7 Å². The standard InChI is InChI=1S/C25H19FN2O3/c26-19-11-9-17(10-12-19)24-22-16-28(14-13-23(22)27-31-24)25(29)18-5-4-8-21(15-18)30-20-6-2-1-3-7-20/h1-12,15H,13-14,16H2. The van der Waals surface area contributed by atoms with Crippen molar-refractivity contribution in [1.82, 2.24) is 10.1 Å². The van der Waals surface area contributed by atoms with E-state index in [4.69, 9.17) is 9.26 Å². The molecule has 0 radical (unpaired) electrons. The van der Waals surface area contributed by atoms with Gasteiger partial charge >= 0.3 is 0 Å². The Bertz CT molecular complexity index is 1220. The number of rotatable bonds is 4. The fourth-order valence-corrected chi connectivity index (χ4v) is 3.71. The molecule has 31 heavy (non-hydrogen) atoms. The van der Waals surface area contributed by atoms with Gasteiger partial charge in [0, 0.05) is 29.7 Å². The Kier molecular flexibility index (Phi) is 4.96. The number of hydrogen-bond donors (Lipinski definition) is 0. The summed E-state index contributed by atoms with van der Waals surface area (Å²) in [5.74, 6) is 1.49. The molecule has 5 rings (SSSR count). The highest BCUT2D eigenvalue weighted by molar-refractivity contribution is 5.94. The van der Waals surface area contributed by atoms with E-state index in [9.17, 15) is 9.18 Å². The lowest BCUT2D eigenvalue weighted by molar-refractivity contribution is 0.0734. The highest BCUT2D eigenvalue weighted by Gasteiger charge is 2.28. The summed E-state index contributed by atoms with van der Waals surface area (Å²) < 4.78 is 24.7. The van der Waals surface area contributed by atoms with Crippen LogP contribution in [0, 0.1) is 5.82 Å². The average molecular weight is 414 g/mol. The Morgan fingerprint density at radius 2 is 1.74 bits per heavy atom. The summed E-state index contributed by atoms with van der Waals surface area (Å²) >= 11 is 0. The maximum absolute atomic E-state index is 13.3. The second-order valence-electron chi connectivity index (χ2n) is 7.36. The van der Waals surface area contributed by atoms with Crippen molar-refractivity contribution in [3.8, 4) is 22.8 Å². The van der Waals surface area contributed by atoms with Crippen LogP contribution in [0.3, 0.4) is 0 Å². The third-order valence-electron chi connectivity index (χ3n) is 5.29. The molecule has 2 heterocycles. The number of hydrogen-bond acceptors (Lipinski definition) is 4. The van der Waals surface area contributed by atoms with Crippen molar-refractivity contribution in [3.63, 3.8) is 0 Å². The van der Waals surface area contributed by atoms with E-state index >= 15 is 0 Å². The number of aromatic nitrogens is 1. The molecule has 4 aromatic rings. The molecule has 1 amide bonds. The molecular formula is C25H19FN2O3. The molecular weight excluding hydrogens is 395 g/mol. The molecule has 0 saturated carbocycles. The first-order valence-corrected chi connectivity index (χ1v) is 10.0. The average Bonchev–Trinajstić information content (AvgIpc) is 3.23. The Morgan fingerprint density at radius 3 is 2.55 bits per heavy atom. The zero-order valence-electron chi connectivity index (χ0n) is 16.6. The van der Waals surface area contributed by atoms with Crippen molar-refractivity contribution in [2.75, 3.05) is 6.54 Å². The van der Waals surface area contributed by atoms with Gasteiger partial charge in [-0.1, -0.05) is 29.4 Å². The van der Waals surface area contributed by atoms with Gasteiger partial charge in [0.2, 0.25) is 0 Å². The molecule has 1 aromatic heterocycles. The third kappa shape index (κ3) is 3.92. The van der Waals surface area contributed by atoms with Crippen LogP contribution in [-0.4, -0.2) is 22.5 Å². The van der Waals surface area contributed by atoms with Gasteiger partial charge in [0.15, 0.2) is 5.76 Å². The number of halogens is 1. The maximum atomic E-state index is 13.3. The van der Waals surface area contributed by atoms with Gasteiger partial charge in [-0.25, -0.2) is 4.39 Å². The molecule has 0 fully saturated rings. The Balaban J connectivity index is 1.37. The maximum Gasteiger partial charge on any atom is 0.254 e. The Labute approximate surface area is 178 Å². The van der Waals surface area contributed by atoms with Crippen molar-refractivity contribution in [1.29, 1.82) is 0 Å². The molecule has 0 atom stereocenters. The van der Waals surface area contributed by atoms with Crippen LogP contribution in [-0.2, 0) is 13.0 Å². The van der Waals surface area contributed by atoms with Crippen LogP contribution in [0.15, 0.2) is 83.4 Å². The van der Waals surface area contributed by atoms with Crippen molar-refractivity contribution in [2.45, 2.75) is 13.0 Å². The van der Waals surface area contributed by atoms with Gasteiger partial charge < -0.3 is 14.2 Å².